The van der Waals surface area contributed by atoms with Gasteiger partial charge in [0.1, 0.15) is 0 Å². The van der Waals surface area contributed by atoms with Gasteiger partial charge < -0.3 is 4.90 Å². The van der Waals surface area contributed by atoms with Crippen molar-refractivity contribution >= 4 is 0 Å². The summed E-state index contributed by atoms with van der Waals surface area (Å²) in [5.74, 6) is 11.6. The van der Waals surface area contributed by atoms with Gasteiger partial charge in [0.05, 0.1) is 0 Å². The van der Waals surface area contributed by atoms with Crippen LogP contribution in [0.5, 0.6) is 0 Å². The molecule has 0 spiro atoms. The number of nitrogens with two attached hydrogens (primary N) is 1. The van der Waals surface area contributed by atoms with E-state index in [9.17, 15) is 0 Å². The first-order valence-corrected chi connectivity index (χ1v) is 5.56. The van der Waals surface area contributed by atoms with E-state index in [1.807, 2.05) is 6.92 Å². The fraction of sp³-hybridized carbons (Fsp3) is 0.833. The molecule has 3 heteroatoms. The second-order valence-corrected chi connectivity index (χ2v) is 4.29. The smallest absolute Gasteiger partial charge is 0.0400 e. The van der Waals surface area contributed by atoms with Gasteiger partial charge in [-0.25, -0.2) is 0 Å². The predicted octanol–water partition coefficient (Wildman–Crippen LogP) is 1.35. The van der Waals surface area contributed by atoms with Gasteiger partial charge in [-0.15, -0.1) is 11.8 Å². The SMILES string of the molecule is CC#CCCC(NN)C(C)(CC)N(C)C. The van der Waals surface area contributed by atoms with Gasteiger partial charge in [-0.1, -0.05) is 6.92 Å². The van der Waals surface area contributed by atoms with E-state index in [-0.39, 0.29) is 11.6 Å². The van der Waals surface area contributed by atoms with E-state index in [1.54, 1.807) is 0 Å². The Bertz CT molecular complexity index is 227. The molecule has 2 unspecified atom stereocenters. The Morgan fingerprint density at radius 1 is 1.47 bits per heavy atom. The number of rotatable bonds is 6. The number of nitrogens with one attached hydrogen (secondary N) is 1. The van der Waals surface area contributed by atoms with E-state index in [0.29, 0.717) is 0 Å². The highest BCUT2D eigenvalue weighted by Crippen LogP contribution is 2.23. The molecule has 0 radical (unpaired) electrons. The maximum atomic E-state index is 5.63. The normalized spacial score (nSPS) is 16.7. The van der Waals surface area contributed by atoms with Crippen molar-refractivity contribution in [3.63, 3.8) is 0 Å². The summed E-state index contributed by atoms with van der Waals surface area (Å²) in [6, 6.07) is 0.276. The van der Waals surface area contributed by atoms with Crippen molar-refractivity contribution in [2.45, 2.75) is 51.6 Å². The molecule has 0 saturated heterocycles. The highest BCUT2D eigenvalue weighted by atomic mass is 15.3. The summed E-state index contributed by atoms with van der Waals surface area (Å²) in [6.07, 6.45) is 2.95. The van der Waals surface area contributed by atoms with Crippen LogP contribution >= 0.6 is 0 Å². The number of hydrogen-bond donors (Lipinski definition) is 2. The molecule has 0 fully saturated rings. The van der Waals surface area contributed by atoms with Gasteiger partial charge in [-0.2, -0.15) is 0 Å². The summed E-state index contributed by atoms with van der Waals surface area (Å²) in [4.78, 5) is 2.23. The average Bonchev–Trinajstić information content (AvgIpc) is 2.23. The molecule has 0 aliphatic heterocycles. The highest BCUT2D eigenvalue weighted by molar-refractivity contribution is 4.99. The summed E-state index contributed by atoms with van der Waals surface area (Å²) < 4.78 is 0. The molecule has 15 heavy (non-hydrogen) atoms. The lowest BCUT2D eigenvalue weighted by atomic mass is 9.85. The summed E-state index contributed by atoms with van der Waals surface area (Å²) in [7, 11) is 4.19. The van der Waals surface area contributed by atoms with Gasteiger partial charge in [0.2, 0.25) is 0 Å². The highest BCUT2D eigenvalue weighted by Gasteiger charge is 2.33. The molecule has 3 N–H and O–H groups in total. The van der Waals surface area contributed by atoms with E-state index < -0.39 is 0 Å². The largest absolute Gasteiger partial charge is 0.302 e. The standard InChI is InChI=1S/C12H25N3/c1-6-8-9-10-11(14-13)12(3,7-2)15(4)5/h11,14H,7,9-10,13H2,1-5H3. The number of hydrazine groups is 1. The van der Waals surface area contributed by atoms with Crippen LogP contribution in [0.25, 0.3) is 0 Å². The predicted molar refractivity (Wildman–Crippen MR) is 66.2 cm³/mol. The lowest BCUT2D eigenvalue weighted by Crippen LogP contribution is -2.58. The van der Waals surface area contributed by atoms with Crippen molar-refractivity contribution < 1.29 is 0 Å². The third kappa shape index (κ3) is 3.83. The Labute approximate surface area is 94.4 Å². The molecule has 0 heterocycles. The van der Waals surface area contributed by atoms with Crippen molar-refractivity contribution in [2.24, 2.45) is 5.84 Å². The molecule has 3 nitrogen and oxygen atoms in total. The van der Waals surface area contributed by atoms with Crippen LogP contribution < -0.4 is 11.3 Å². The first-order chi connectivity index (χ1) is 7.02. The Balaban J connectivity index is 4.51. The molecular weight excluding hydrogens is 186 g/mol. The Morgan fingerprint density at radius 3 is 2.40 bits per heavy atom. The number of likely N-dealkylation sites (N-methyl/N-ethyl adjacent to an activating group) is 1. The van der Waals surface area contributed by atoms with Crippen LogP contribution in [0.1, 0.15) is 40.0 Å². The van der Waals surface area contributed by atoms with Crippen LogP contribution in [0.15, 0.2) is 0 Å². The molecule has 0 bridgehead atoms. The molecule has 0 aromatic carbocycles. The zero-order chi connectivity index (χ0) is 11.9. The van der Waals surface area contributed by atoms with E-state index >= 15 is 0 Å². The minimum Gasteiger partial charge on any atom is -0.302 e. The summed E-state index contributed by atoms with van der Waals surface area (Å²) in [5.41, 5.74) is 3.01. The third-order valence-corrected chi connectivity index (χ3v) is 3.42. The Hall–Kier alpha value is -0.560. The maximum absolute atomic E-state index is 5.63. The van der Waals surface area contributed by atoms with Crippen LogP contribution in [0, 0.1) is 11.8 Å². The number of nitrogens with zero attached hydrogens (tertiary/aromatic N) is 1. The molecular formula is C12H25N3. The lowest BCUT2D eigenvalue weighted by Gasteiger charge is -2.42. The third-order valence-electron chi connectivity index (χ3n) is 3.42. The second-order valence-electron chi connectivity index (χ2n) is 4.29. The van der Waals surface area contributed by atoms with Crippen molar-refractivity contribution in [2.75, 3.05) is 14.1 Å². The Kier molecular flexibility index (Phi) is 6.58. The first-order valence-electron chi connectivity index (χ1n) is 5.56. The zero-order valence-electron chi connectivity index (χ0n) is 10.7. The first kappa shape index (κ1) is 14.4. The van der Waals surface area contributed by atoms with Gasteiger partial charge in [0, 0.05) is 18.0 Å². The molecule has 0 aliphatic rings. The van der Waals surface area contributed by atoms with Crippen molar-refractivity contribution in [3.05, 3.63) is 0 Å². The van der Waals surface area contributed by atoms with E-state index in [0.717, 1.165) is 19.3 Å². The van der Waals surface area contributed by atoms with Gasteiger partial charge in [0.15, 0.2) is 0 Å². The molecule has 0 aromatic rings. The Morgan fingerprint density at radius 2 is 2.07 bits per heavy atom. The summed E-state index contributed by atoms with van der Waals surface area (Å²) >= 11 is 0. The summed E-state index contributed by atoms with van der Waals surface area (Å²) in [6.45, 7) is 6.29. The van der Waals surface area contributed by atoms with Gasteiger partial charge in [-0.05, 0) is 40.8 Å². The molecule has 0 aromatic heterocycles. The molecule has 0 saturated carbocycles. The van der Waals surface area contributed by atoms with Crippen LogP contribution in [0.3, 0.4) is 0 Å². The molecule has 0 amide bonds. The average molecular weight is 211 g/mol. The topological polar surface area (TPSA) is 41.3 Å². The molecule has 0 rings (SSSR count). The lowest BCUT2D eigenvalue weighted by molar-refractivity contribution is 0.109. The summed E-state index contributed by atoms with van der Waals surface area (Å²) in [5, 5.41) is 0. The fourth-order valence-electron chi connectivity index (χ4n) is 1.79. The van der Waals surface area contributed by atoms with Gasteiger partial charge in [0.25, 0.3) is 0 Å². The van der Waals surface area contributed by atoms with Crippen molar-refractivity contribution in [3.8, 4) is 11.8 Å². The molecule has 0 aliphatic carbocycles. The number of hydrogen-bond acceptors (Lipinski definition) is 3. The van der Waals surface area contributed by atoms with Crippen LogP contribution in [-0.4, -0.2) is 30.6 Å². The second kappa shape index (κ2) is 6.84. The van der Waals surface area contributed by atoms with E-state index in [4.69, 9.17) is 5.84 Å². The molecule has 2 atom stereocenters. The van der Waals surface area contributed by atoms with E-state index in [1.165, 1.54) is 0 Å². The van der Waals surface area contributed by atoms with Crippen molar-refractivity contribution in [1.29, 1.82) is 0 Å². The van der Waals surface area contributed by atoms with Crippen molar-refractivity contribution in [1.82, 2.24) is 10.3 Å². The quantitative estimate of drug-likeness (QED) is 0.396. The van der Waals surface area contributed by atoms with Gasteiger partial charge >= 0.3 is 0 Å². The fourth-order valence-corrected chi connectivity index (χ4v) is 1.79. The monoisotopic (exact) mass is 211 g/mol. The van der Waals surface area contributed by atoms with Crippen LogP contribution in [-0.2, 0) is 0 Å². The van der Waals surface area contributed by atoms with Crippen LogP contribution in [0.4, 0.5) is 0 Å². The zero-order valence-corrected chi connectivity index (χ0v) is 10.7. The van der Waals surface area contributed by atoms with Gasteiger partial charge in [-0.3, -0.25) is 11.3 Å². The van der Waals surface area contributed by atoms with E-state index in [2.05, 4.69) is 50.1 Å². The maximum Gasteiger partial charge on any atom is 0.0400 e. The minimum absolute atomic E-state index is 0.0875. The minimum atomic E-state index is 0.0875. The molecule has 88 valence electrons. The van der Waals surface area contributed by atoms with Crippen LogP contribution in [0.2, 0.25) is 0 Å².